The predicted octanol–water partition coefficient (Wildman–Crippen LogP) is 3.64. The van der Waals surface area contributed by atoms with Crippen LogP contribution >= 0.6 is 11.6 Å². The van der Waals surface area contributed by atoms with E-state index < -0.39 is 0 Å². The average Bonchev–Trinajstić information content (AvgIpc) is 3.24. The molecule has 0 atom stereocenters. The van der Waals surface area contributed by atoms with Gasteiger partial charge in [0, 0.05) is 24.5 Å². The number of nitrogens with one attached hydrogen (secondary N) is 3. The second kappa shape index (κ2) is 9.47. The highest BCUT2D eigenvalue weighted by Crippen LogP contribution is 2.39. The maximum Gasteiger partial charge on any atom is 0.318 e. The van der Waals surface area contributed by atoms with Crippen LogP contribution in [0.25, 0.3) is 11.3 Å². The number of fused-ring (bicyclic) bond motifs is 1. The van der Waals surface area contributed by atoms with Gasteiger partial charge in [-0.3, -0.25) is 9.48 Å². The second-order valence-corrected chi connectivity index (χ2v) is 7.89. The third-order valence-electron chi connectivity index (χ3n) is 5.31. The lowest BCUT2D eigenvalue weighted by molar-refractivity contribution is 0.0925. The van der Waals surface area contributed by atoms with Crippen LogP contribution in [0.15, 0.2) is 48.8 Å². The van der Waals surface area contributed by atoms with Gasteiger partial charge >= 0.3 is 6.01 Å². The number of rotatable bonds is 7. The summed E-state index contributed by atoms with van der Waals surface area (Å²) in [5.41, 5.74) is 2.87. The molecule has 3 aromatic heterocycles. The third-order valence-corrected chi connectivity index (χ3v) is 5.61. The van der Waals surface area contributed by atoms with Gasteiger partial charge in [0.25, 0.3) is 5.91 Å². The van der Waals surface area contributed by atoms with Crippen LogP contribution in [0, 0.1) is 0 Å². The quantitative estimate of drug-likeness (QED) is 0.354. The van der Waals surface area contributed by atoms with Gasteiger partial charge in [0.15, 0.2) is 5.75 Å². The number of amides is 1. The Balaban J connectivity index is 1.57. The van der Waals surface area contributed by atoms with Crippen LogP contribution < -0.4 is 25.4 Å². The van der Waals surface area contributed by atoms with Gasteiger partial charge in [0.1, 0.15) is 23.0 Å². The van der Waals surface area contributed by atoms with Crippen molar-refractivity contribution in [2.24, 2.45) is 0 Å². The molecule has 0 bridgehead atoms. The minimum atomic E-state index is -0.223. The molecule has 12 heteroatoms. The third kappa shape index (κ3) is 4.41. The molecule has 11 nitrogen and oxygen atoms in total. The Bertz CT molecular complexity index is 1410. The summed E-state index contributed by atoms with van der Waals surface area (Å²) in [6.45, 7) is 1.03. The number of carbonyl (C=O) groups excluding carboxylic acids is 1. The number of para-hydroxylation sites is 1. The molecule has 1 aliphatic rings. The van der Waals surface area contributed by atoms with Crippen molar-refractivity contribution in [1.82, 2.24) is 30.0 Å². The Morgan fingerprint density at radius 3 is 2.74 bits per heavy atom. The van der Waals surface area contributed by atoms with E-state index in [1.165, 1.54) is 14.2 Å². The van der Waals surface area contributed by atoms with Crippen molar-refractivity contribution in [2.45, 2.75) is 6.54 Å². The number of aromatic nitrogens is 5. The molecule has 4 heterocycles. The zero-order chi connectivity index (χ0) is 24.4. The number of methoxy groups -OCH3 is 2. The fourth-order valence-corrected chi connectivity index (χ4v) is 4.02. The van der Waals surface area contributed by atoms with E-state index in [-0.39, 0.29) is 11.9 Å². The highest BCUT2D eigenvalue weighted by molar-refractivity contribution is 6.32. The van der Waals surface area contributed by atoms with Gasteiger partial charge in [-0.1, -0.05) is 17.7 Å². The van der Waals surface area contributed by atoms with Crippen molar-refractivity contribution < 1.29 is 14.3 Å². The first-order valence-electron chi connectivity index (χ1n) is 10.7. The van der Waals surface area contributed by atoms with Crippen molar-refractivity contribution in [3.05, 3.63) is 59.5 Å². The van der Waals surface area contributed by atoms with Gasteiger partial charge in [0.05, 0.1) is 37.2 Å². The van der Waals surface area contributed by atoms with E-state index in [1.54, 1.807) is 35.3 Å². The molecule has 1 aliphatic heterocycles. The Morgan fingerprint density at radius 2 is 1.91 bits per heavy atom. The van der Waals surface area contributed by atoms with E-state index in [2.05, 4.69) is 30.9 Å². The number of anilines is 4. The molecule has 1 amide bonds. The van der Waals surface area contributed by atoms with E-state index in [0.29, 0.717) is 58.3 Å². The molecule has 178 valence electrons. The highest BCUT2D eigenvalue weighted by Gasteiger charge is 2.28. The molecule has 4 aromatic rings. The van der Waals surface area contributed by atoms with Crippen LogP contribution in [0.3, 0.4) is 0 Å². The number of halogens is 1. The highest BCUT2D eigenvalue weighted by atomic mass is 35.5. The molecule has 5 rings (SSSR count). The number of ether oxygens (including phenoxy) is 2. The van der Waals surface area contributed by atoms with Gasteiger partial charge in [-0.05, 0) is 30.3 Å². The maximum atomic E-state index is 12.8. The SMILES string of the molecule is COc1nccc(Nc2cc(-c3nn4c(c3Nc3cccc(Cl)c3OC)C(=O)NCC4)ccn2)n1. The summed E-state index contributed by atoms with van der Waals surface area (Å²) in [4.78, 5) is 25.5. The minimum absolute atomic E-state index is 0.223. The molecule has 0 unspecified atom stereocenters. The van der Waals surface area contributed by atoms with Gasteiger partial charge in [-0.15, -0.1) is 0 Å². The second-order valence-electron chi connectivity index (χ2n) is 7.48. The van der Waals surface area contributed by atoms with Crippen LogP contribution in [-0.2, 0) is 6.54 Å². The first kappa shape index (κ1) is 22.4. The zero-order valence-corrected chi connectivity index (χ0v) is 19.6. The molecular formula is C23H21ClN8O3. The molecular weight excluding hydrogens is 472 g/mol. The number of benzene rings is 1. The molecule has 0 saturated carbocycles. The van der Waals surface area contributed by atoms with Crippen LogP contribution in [0.5, 0.6) is 11.8 Å². The first-order valence-corrected chi connectivity index (χ1v) is 11.0. The van der Waals surface area contributed by atoms with Crippen LogP contribution in [0.2, 0.25) is 5.02 Å². The summed E-state index contributed by atoms with van der Waals surface area (Å²) in [6, 6.07) is 10.9. The molecule has 0 spiro atoms. The van der Waals surface area contributed by atoms with Crippen molar-refractivity contribution in [3.63, 3.8) is 0 Å². The predicted molar refractivity (Wildman–Crippen MR) is 131 cm³/mol. The van der Waals surface area contributed by atoms with E-state index in [9.17, 15) is 4.79 Å². The first-order chi connectivity index (χ1) is 17.1. The van der Waals surface area contributed by atoms with Crippen molar-refractivity contribution in [3.8, 4) is 23.0 Å². The standard InChI is InChI=1S/C23H21ClN8O3/c1-34-21-14(24)4-3-5-15(21)28-19-18(31-32-11-10-26-22(33)20(19)32)13-6-8-25-17(12-13)29-16-7-9-27-23(30-16)35-2/h3-9,12,28H,10-11H2,1-2H3,(H,26,33)(H,25,27,29,30). The molecule has 1 aromatic carbocycles. The zero-order valence-electron chi connectivity index (χ0n) is 18.9. The maximum absolute atomic E-state index is 12.8. The van der Waals surface area contributed by atoms with Crippen molar-refractivity contribution >= 4 is 40.5 Å². The summed E-state index contributed by atoms with van der Waals surface area (Å²) >= 11 is 6.32. The lowest BCUT2D eigenvalue weighted by Gasteiger charge is -2.17. The number of pyridine rings is 1. The molecule has 35 heavy (non-hydrogen) atoms. The van der Waals surface area contributed by atoms with Crippen LogP contribution in [0.1, 0.15) is 10.5 Å². The van der Waals surface area contributed by atoms with Crippen molar-refractivity contribution in [2.75, 3.05) is 31.4 Å². The van der Waals surface area contributed by atoms with Gasteiger partial charge in [-0.25, -0.2) is 9.97 Å². The Hall–Kier alpha value is -4.38. The van der Waals surface area contributed by atoms with E-state index in [4.69, 9.17) is 26.2 Å². The topological polar surface area (TPSA) is 128 Å². The van der Waals surface area contributed by atoms with Gasteiger partial charge < -0.3 is 25.4 Å². The summed E-state index contributed by atoms with van der Waals surface area (Å²) in [5.74, 6) is 1.29. The molecule has 0 radical (unpaired) electrons. The number of nitrogens with zero attached hydrogens (tertiary/aromatic N) is 5. The lowest BCUT2D eigenvalue weighted by Crippen LogP contribution is -2.35. The molecule has 0 aliphatic carbocycles. The summed E-state index contributed by atoms with van der Waals surface area (Å²) in [5, 5.41) is 14.5. The molecule has 0 fully saturated rings. The monoisotopic (exact) mass is 492 g/mol. The average molecular weight is 493 g/mol. The van der Waals surface area contributed by atoms with E-state index >= 15 is 0 Å². The summed E-state index contributed by atoms with van der Waals surface area (Å²) < 4.78 is 12.3. The fraction of sp³-hybridized carbons (Fsp3) is 0.174. The summed E-state index contributed by atoms with van der Waals surface area (Å²) in [6.07, 6.45) is 3.23. The van der Waals surface area contributed by atoms with Gasteiger partial charge in [0.2, 0.25) is 0 Å². The number of hydrogen-bond acceptors (Lipinski definition) is 9. The Kier molecular flexibility index (Phi) is 6.06. The Morgan fingerprint density at radius 1 is 1.06 bits per heavy atom. The van der Waals surface area contributed by atoms with Crippen molar-refractivity contribution in [1.29, 1.82) is 0 Å². The Labute approximate surface area is 205 Å². The largest absolute Gasteiger partial charge is 0.493 e. The summed E-state index contributed by atoms with van der Waals surface area (Å²) in [7, 11) is 3.04. The number of hydrogen-bond donors (Lipinski definition) is 3. The van der Waals surface area contributed by atoms with E-state index in [0.717, 1.165) is 5.56 Å². The van der Waals surface area contributed by atoms with Crippen LogP contribution in [0.4, 0.5) is 23.0 Å². The molecule has 0 saturated heterocycles. The normalized spacial score (nSPS) is 12.5. The van der Waals surface area contributed by atoms with Crippen LogP contribution in [-0.4, -0.2) is 51.4 Å². The smallest absolute Gasteiger partial charge is 0.318 e. The minimum Gasteiger partial charge on any atom is -0.493 e. The van der Waals surface area contributed by atoms with E-state index in [1.807, 2.05) is 18.2 Å². The fourth-order valence-electron chi connectivity index (χ4n) is 3.77. The number of carbonyl (C=O) groups is 1. The molecule has 3 N–H and O–H groups in total. The lowest BCUT2D eigenvalue weighted by atomic mass is 10.1. The van der Waals surface area contributed by atoms with Gasteiger partial charge in [-0.2, -0.15) is 10.1 Å².